The van der Waals surface area contributed by atoms with Gasteiger partial charge in [0, 0.05) is 10.6 Å². The molecule has 23 heavy (non-hydrogen) atoms. The van der Waals surface area contributed by atoms with Crippen LogP contribution in [0.25, 0.3) is 0 Å². The highest BCUT2D eigenvalue weighted by Crippen LogP contribution is 2.25. The van der Waals surface area contributed by atoms with Crippen molar-refractivity contribution in [2.75, 3.05) is 12.4 Å². The van der Waals surface area contributed by atoms with Crippen LogP contribution in [0.2, 0.25) is 5.02 Å². The Kier molecular flexibility index (Phi) is 5.88. The number of hydrogen-bond acceptors (Lipinski definition) is 3. The molecule has 4 nitrogen and oxygen atoms in total. The summed E-state index contributed by atoms with van der Waals surface area (Å²) < 4.78 is 10.5. The molecule has 0 radical (unpaired) electrons. The van der Waals surface area contributed by atoms with Gasteiger partial charge in [0.15, 0.2) is 0 Å². The number of methoxy groups -OCH3 is 1. The topological polar surface area (TPSA) is 47.6 Å². The van der Waals surface area contributed by atoms with Crippen molar-refractivity contribution >= 4 is 23.4 Å². The van der Waals surface area contributed by atoms with Crippen LogP contribution in [0.3, 0.4) is 0 Å². The molecule has 122 valence electrons. The molecule has 0 heterocycles. The van der Waals surface area contributed by atoms with E-state index in [0.29, 0.717) is 17.3 Å². The summed E-state index contributed by atoms with van der Waals surface area (Å²) in [5.74, 6) is 0.811. The number of carbonyl (C=O) groups excluding carboxylic acids is 1. The lowest BCUT2D eigenvalue weighted by atomic mass is 10.1. The summed E-state index contributed by atoms with van der Waals surface area (Å²) >= 11 is 6.04. The molecule has 0 atom stereocenters. The van der Waals surface area contributed by atoms with Crippen LogP contribution in [0.15, 0.2) is 36.4 Å². The average molecular weight is 334 g/mol. The lowest BCUT2D eigenvalue weighted by Crippen LogP contribution is -2.13. The SMILES string of the molecule is CCc1ccc(OCc2cc(Cl)ccc2NC(=O)OC)c(C)c1. The minimum atomic E-state index is -0.531. The van der Waals surface area contributed by atoms with Crippen molar-refractivity contribution in [3.8, 4) is 5.75 Å². The zero-order chi connectivity index (χ0) is 16.8. The van der Waals surface area contributed by atoms with Gasteiger partial charge >= 0.3 is 6.09 Å². The molecule has 0 saturated heterocycles. The van der Waals surface area contributed by atoms with E-state index in [2.05, 4.69) is 23.0 Å². The molecule has 0 bridgehead atoms. The van der Waals surface area contributed by atoms with E-state index < -0.39 is 6.09 Å². The quantitative estimate of drug-likeness (QED) is 0.840. The third-order valence-electron chi connectivity index (χ3n) is 3.52. The number of anilines is 1. The van der Waals surface area contributed by atoms with E-state index in [1.807, 2.05) is 19.1 Å². The summed E-state index contributed by atoms with van der Waals surface area (Å²) in [6.07, 6.45) is 0.458. The van der Waals surface area contributed by atoms with Gasteiger partial charge in [0.25, 0.3) is 0 Å². The van der Waals surface area contributed by atoms with Crippen LogP contribution >= 0.6 is 11.6 Å². The highest BCUT2D eigenvalue weighted by molar-refractivity contribution is 6.30. The number of ether oxygens (including phenoxy) is 2. The summed E-state index contributed by atoms with van der Waals surface area (Å²) in [6.45, 7) is 4.43. The summed E-state index contributed by atoms with van der Waals surface area (Å²) in [5, 5.41) is 3.24. The van der Waals surface area contributed by atoms with Gasteiger partial charge in [0.2, 0.25) is 0 Å². The van der Waals surface area contributed by atoms with Crippen molar-refractivity contribution in [2.24, 2.45) is 0 Å². The molecule has 0 unspecified atom stereocenters. The van der Waals surface area contributed by atoms with Crippen LogP contribution in [0.1, 0.15) is 23.6 Å². The number of halogens is 1. The predicted octanol–water partition coefficient (Wildman–Crippen LogP) is 4.97. The van der Waals surface area contributed by atoms with Crippen molar-refractivity contribution in [1.82, 2.24) is 0 Å². The molecule has 2 rings (SSSR count). The number of nitrogens with one attached hydrogen (secondary N) is 1. The van der Waals surface area contributed by atoms with Gasteiger partial charge in [-0.1, -0.05) is 30.7 Å². The minimum Gasteiger partial charge on any atom is -0.489 e. The van der Waals surface area contributed by atoms with Crippen molar-refractivity contribution in [3.63, 3.8) is 0 Å². The Bertz CT molecular complexity index is 701. The molecule has 0 saturated carbocycles. The molecule has 0 fully saturated rings. The van der Waals surface area contributed by atoms with E-state index in [9.17, 15) is 4.79 Å². The second-order valence-corrected chi connectivity index (χ2v) is 5.60. The second-order valence-electron chi connectivity index (χ2n) is 5.16. The van der Waals surface area contributed by atoms with E-state index >= 15 is 0 Å². The molecule has 2 aromatic carbocycles. The van der Waals surface area contributed by atoms with Crippen molar-refractivity contribution in [1.29, 1.82) is 0 Å². The number of benzene rings is 2. The van der Waals surface area contributed by atoms with Crippen molar-refractivity contribution in [3.05, 3.63) is 58.1 Å². The molecular formula is C18H20ClNO3. The molecule has 0 aliphatic rings. The van der Waals surface area contributed by atoms with E-state index in [0.717, 1.165) is 23.3 Å². The van der Waals surface area contributed by atoms with Gasteiger partial charge in [-0.25, -0.2) is 4.79 Å². The van der Waals surface area contributed by atoms with Gasteiger partial charge in [-0.15, -0.1) is 0 Å². The zero-order valence-corrected chi connectivity index (χ0v) is 14.2. The average Bonchev–Trinajstić information content (AvgIpc) is 2.55. The van der Waals surface area contributed by atoms with Crippen LogP contribution in [0.4, 0.5) is 10.5 Å². The highest BCUT2D eigenvalue weighted by Gasteiger charge is 2.09. The molecule has 1 N–H and O–H groups in total. The van der Waals surface area contributed by atoms with E-state index in [-0.39, 0.29) is 0 Å². The Hall–Kier alpha value is -2.20. The molecule has 2 aromatic rings. The first-order chi connectivity index (χ1) is 11.0. The summed E-state index contributed by atoms with van der Waals surface area (Å²) in [6, 6.07) is 11.3. The van der Waals surface area contributed by atoms with Crippen LogP contribution in [-0.2, 0) is 17.8 Å². The standard InChI is InChI=1S/C18H20ClNO3/c1-4-13-5-8-17(12(2)9-13)23-11-14-10-15(19)6-7-16(14)20-18(21)22-3/h5-10H,4,11H2,1-3H3,(H,20,21). The van der Waals surface area contributed by atoms with E-state index in [1.165, 1.54) is 12.7 Å². The summed E-state index contributed by atoms with van der Waals surface area (Å²) in [7, 11) is 1.32. The zero-order valence-electron chi connectivity index (χ0n) is 13.5. The fourth-order valence-electron chi connectivity index (χ4n) is 2.21. The normalized spacial score (nSPS) is 10.3. The Balaban J connectivity index is 2.16. The van der Waals surface area contributed by atoms with Gasteiger partial charge < -0.3 is 9.47 Å². The fraction of sp³-hybridized carbons (Fsp3) is 0.278. The molecule has 0 aromatic heterocycles. The van der Waals surface area contributed by atoms with Crippen LogP contribution in [0.5, 0.6) is 5.75 Å². The maximum Gasteiger partial charge on any atom is 0.411 e. The lowest BCUT2D eigenvalue weighted by molar-refractivity contribution is 0.187. The van der Waals surface area contributed by atoms with Crippen molar-refractivity contribution in [2.45, 2.75) is 26.9 Å². The summed E-state index contributed by atoms with van der Waals surface area (Å²) in [4.78, 5) is 11.4. The highest BCUT2D eigenvalue weighted by atomic mass is 35.5. The maximum absolute atomic E-state index is 11.4. The van der Waals surface area contributed by atoms with E-state index in [1.54, 1.807) is 18.2 Å². The third kappa shape index (κ3) is 4.63. The molecule has 0 aliphatic carbocycles. The van der Waals surface area contributed by atoms with E-state index in [4.69, 9.17) is 16.3 Å². The largest absolute Gasteiger partial charge is 0.489 e. The van der Waals surface area contributed by atoms with Crippen LogP contribution in [-0.4, -0.2) is 13.2 Å². The van der Waals surface area contributed by atoms with Crippen molar-refractivity contribution < 1.29 is 14.3 Å². The first-order valence-corrected chi connectivity index (χ1v) is 7.77. The Labute approximate surface area is 141 Å². The van der Waals surface area contributed by atoms with Crippen LogP contribution in [0, 0.1) is 6.92 Å². The van der Waals surface area contributed by atoms with Crippen LogP contribution < -0.4 is 10.1 Å². The number of aryl methyl sites for hydroxylation is 2. The van der Waals surface area contributed by atoms with Gasteiger partial charge in [-0.2, -0.15) is 0 Å². The molecule has 5 heteroatoms. The fourth-order valence-corrected chi connectivity index (χ4v) is 2.41. The Morgan fingerprint density at radius 3 is 2.65 bits per heavy atom. The molecule has 0 spiro atoms. The number of amides is 1. The monoisotopic (exact) mass is 333 g/mol. The number of hydrogen-bond donors (Lipinski definition) is 1. The number of rotatable bonds is 5. The summed E-state index contributed by atoms with van der Waals surface area (Å²) in [5.41, 5.74) is 3.74. The Morgan fingerprint density at radius 2 is 2.00 bits per heavy atom. The minimum absolute atomic E-state index is 0.298. The molecule has 0 aliphatic heterocycles. The van der Waals surface area contributed by atoms with Gasteiger partial charge in [0.05, 0.1) is 12.8 Å². The maximum atomic E-state index is 11.4. The molecular weight excluding hydrogens is 314 g/mol. The molecule has 1 amide bonds. The smallest absolute Gasteiger partial charge is 0.411 e. The lowest BCUT2D eigenvalue weighted by Gasteiger charge is -2.14. The second kappa shape index (κ2) is 7.88. The first-order valence-electron chi connectivity index (χ1n) is 7.39. The third-order valence-corrected chi connectivity index (χ3v) is 3.76. The predicted molar refractivity (Wildman–Crippen MR) is 92.4 cm³/mol. The number of carbonyl (C=O) groups is 1. The van der Waals surface area contributed by atoms with Gasteiger partial charge in [-0.05, 0) is 48.7 Å². The van der Waals surface area contributed by atoms with Gasteiger partial charge in [0.1, 0.15) is 12.4 Å². The Morgan fingerprint density at radius 1 is 1.22 bits per heavy atom. The van der Waals surface area contributed by atoms with Gasteiger partial charge in [-0.3, -0.25) is 5.32 Å². The first kappa shape index (κ1) is 17.2.